The van der Waals surface area contributed by atoms with Crippen LogP contribution in [0.25, 0.3) is 0 Å². The molecule has 1 aliphatic rings. The molecule has 0 atom stereocenters. The van der Waals surface area contributed by atoms with Crippen molar-refractivity contribution in [1.82, 2.24) is 5.32 Å². The van der Waals surface area contributed by atoms with Crippen LogP contribution in [0.15, 0.2) is 47.6 Å². The van der Waals surface area contributed by atoms with Gasteiger partial charge in [0, 0.05) is 0 Å². The maximum Gasteiger partial charge on any atom is 0.108 e. The molecule has 1 saturated heterocycles. The lowest BCUT2D eigenvalue weighted by Gasteiger charge is -2.29. The molecule has 1 nitrogen and oxygen atoms in total. The van der Waals surface area contributed by atoms with Crippen LogP contribution in [-0.4, -0.2) is 19.8 Å². The van der Waals surface area contributed by atoms with Crippen LogP contribution in [0, 0.1) is 5.92 Å². The highest BCUT2D eigenvalue weighted by Gasteiger charge is 2.21. The second-order valence-electron chi connectivity index (χ2n) is 4.82. The summed E-state index contributed by atoms with van der Waals surface area (Å²) >= 11 is 0. The van der Waals surface area contributed by atoms with Crippen molar-refractivity contribution in [1.29, 1.82) is 0 Å². The van der Waals surface area contributed by atoms with Gasteiger partial charge in [-0.25, -0.2) is 4.39 Å². The van der Waals surface area contributed by atoms with E-state index in [1.54, 1.807) is 6.08 Å². The Morgan fingerprint density at radius 2 is 2.11 bits per heavy atom. The van der Waals surface area contributed by atoms with Crippen molar-refractivity contribution >= 4 is 0 Å². The van der Waals surface area contributed by atoms with Gasteiger partial charge in [0.25, 0.3) is 0 Å². The number of hydrogen-bond donors (Lipinski definition) is 1. The highest BCUT2D eigenvalue weighted by atomic mass is 19.1. The maximum atomic E-state index is 12.7. The number of allylic oxidation sites excluding steroid dienone is 6. The Bertz CT molecular complexity index is 373. The molecule has 0 unspecified atom stereocenters. The molecule has 0 aliphatic carbocycles. The average molecular weight is 249 g/mol. The smallest absolute Gasteiger partial charge is 0.108 e. The minimum Gasteiger partial charge on any atom is -0.316 e. The monoisotopic (exact) mass is 249 g/mol. The van der Waals surface area contributed by atoms with Crippen molar-refractivity contribution in [3.05, 3.63) is 47.6 Å². The van der Waals surface area contributed by atoms with E-state index in [4.69, 9.17) is 0 Å². The quantitative estimate of drug-likeness (QED) is 0.673. The Morgan fingerprint density at radius 3 is 2.50 bits per heavy atom. The fourth-order valence-electron chi connectivity index (χ4n) is 2.14. The molecule has 0 saturated carbocycles. The molecule has 0 amide bonds. The Morgan fingerprint density at radius 1 is 1.44 bits per heavy atom. The Labute approximate surface area is 110 Å². The van der Waals surface area contributed by atoms with Crippen molar-refractivity contribution in [2.45, 2.75) is 26.7 Å². The fraction of sp³-hybridized carbons (Fsp3) is 0.500. The predicted octanol–water partition coefficient (Wildman–Crippen LogP) is 3.96. The lowest BCUT2D eigenvalue weighted by molar-refractivity contribution is 0.346. The first-order chi connectivity index (χ1) is 8.63. The molecular weight excluding hydrogens is 225 g/mol. The van der Waals surface area contributed by atoms with Gasteiger partial charge in [-0.3, -0.25) is 0 Å². The van der Waals surface area contributed by atoms with E-state index in [9.17, 15) is 4.39 Å². The van der Waals surface area contributed by atoms with Gasteiger partial charge >= 0.3 is 0 Å². The third-order valence-corrected chi connectivity index (χ3v) is 3.56. The first kappa shape index (κ1) is 14.9. The molecule has 0 aromatic carbocycles. The maximum absolute atomic E-state index is 12.7. The summed E-state index contributed by atoms with van der Waals surface area (Å²) in [6, 6.07) is 0. The Hall–Kier alpha value is -1.15. The highest BCUT2D eigenvalue weighted by Crippen LogP contribution is 2.30. The minimum absolute atomic E-state index is 0.439. The molecule has 0 aromatic rings. The number of halogens is 1. The summed E-state index contributed by atoms with van der Waals surface area (Å²) in [5, 5.41) is 3.27. The van der Waals surface area contributed by atoms with Crippen LogP contribution in [0.3, 0.4) is 0 Å². The van der Waals surface area contributed by atoms with E-state index in [0.29, 0.717) is 5.92 Å². The van der Waals surface area contributed by atoms with Crippen LogP contribution in [0.4, 0.5) is 4.39 Å². The van der Waals surface area contributed by atoms with Crippen LogP contribution in [0.5, 0.6) is 0 Å². The summed E-state index contributed by atoms with van der Waals surface area (Å²) in [7, 11) is 0. The van der Waals surface area contributed by atoms with E-state index in [1.807, 2.05) is 13.0 Å². The first-order valence-corrected chi connectivity index (χ1v) is 6.61. The highest BCUT2D eigenvalue weighted by molar-refractivity contribution is 5.49. The van der Waals surface area contributed by atoms with E-state index in [0.717, 1.165) is 42.7 Å². The molecule has 1 N–H and O–H groups in total. The van der Waals surface area contributed by atoms with Gasteiger partial charge in [-0.15, -0.1) is 0 Å². The lowest BCUT2D eigenvalue weighted by atomic mass is 9.84. The molecular formula is C16H24FN. The number of hydrogen-bond acceptors (Lipinski definition) is 1. The number of alkyl halides is 1. The van der Waals surface area contributed by atoms with E-state index >= 15 is 0 Å². The van der Waals surface area contributed by atoms with E-state index in [-0.39, 0.29) is 0 Å². The van der Waals surface area contributed by atoms with Crippen LogP contribution < -0.4 is 5.32 Å². The fourth-order valence-corrected chi connectivity index (χ4v) is 2.14. The number of rotatable bonds is 7. The zero-order chi connectivity index (χ0) is 13.5. The van der Waals surface area contributed by atoms with E-state index in [2.05, 4.69) is 25.4 Å². The second-order valence-corrected chi connectivity index (χ2v) is 4.82. The van der Waals surface area contributed by atoms with Gasteiger partial charge in [0.1, 0.15) is 6.67 Å². The third-order valence-electron chi connectivity index (χ3n) is 3.56. The Balaban J connectivity index is 3.01. The summed E-state index contributed by atoms with van der Waals surface area (Å²) in [6.45, 7) is 13.7. The normalized spacial score (nSPS) is 18.1. The predicted molar refractivity (Wildman–Crippen MR) is 77.4 cm³/mol. The lowest BCUT2D eigenvalue weighted by Crippen LogP contribution is -2.42. The van der Waals surface area contributed by atoms with Crippen molar-refractivity contribution in [3.8, 4) is 0 Å². The SMILES string of the molecule is C=C/C(C)=C(CC1CNC1)\C(=C/CF)C(=C)CC. The zero-order valence-electron chi connectivity index (χ0n) is 11.6. The molecule has 1 heterocycles. The summed E-state index contributed by atoms with van der Waals surface area (Å²) in [6.07, 6.45) is 5.34. The molecule has 100 valence electrons. The van der Waals surface area contributed by atoms with Crippen molar-refractivity contribution in [2.75, 3.05) is 19.8 Å². The van der Waals surface area contributed by atoms with E-state index < -0.39 is 6.67 Å². The minimum atomic E-state index is -0.439. The zero-order valence-corrected chi connectivity index (χ0v) is 11.6. The van der Waals surface area contributed by atoms with Crippen LogP contribution >= 0.6 is 0 Å². The molecule has 1 rings (SSSR count). The van der Waals surface area contributed by atoms with Gasteiger partial charge in [0.2, 0.25) is 0 Å². The van der Waals surface area contributed by atoms with Gasteiger partial charge in [-0.1, -0.05) is 26.2 Å². The molecule has 2 heteroatoms. The van der Waals surface area contributed by atoms with E-state index in [1.165, 1.54) is 5.57 Å². The topological polar surface area (TPSA) is 12.0 Å². The second kappa shape index (κ2) is 7.32. The molecule has 1 aliphatic heterocycles. The molecule has 18 heavy (non-hydrogen) atoms. The average Bonchev–Trinajstić information content (AvgIpc) is 2.34. The van der Waals surface area contributed by atoms with Gasteiger partial charge in [-0.05, 0) is 67.1 Å². The molecule has 0 bridgehead atoms. The van der Waals surface area contributed by atoms with Crippen molar-refractivity contribution in [3.63, 3.8) is 0 Å². The first-order valence-electron chi connectivity index (χ1n) is 6.61. The van der Waals surface area contributed by atoms with Crippen molar-refractivity contribution in [2.24, 2.45) is 5.92 Å². The summed E-state index contributed by atoms with van der Waals surface area (Å²) in [5.74, 6) is 0.655. The molecule has 0 aromatic heterocycles. The number of nitrogens with one attached hydrogen (secondary N) is 1. The summed E-state index contributed by atoms with van der Waals surface area (Å²) in [5.41, 5.74) is 4.35. The summed E-state index contributed by atoms with van der Waals surface area (Å²) < 4.78 is 12.7. The third kappa shape index (κ3) is 3.67. The molecule has 0 radical (unpaired) electrons. The largest absolute Gasteiger partial charge is 0.316 e. The van der Waals surface area contributed by atoms with Gasteiger partial charge < -0.3 is 5.32 Å². The Kier molecular flexibility index (Phi) is 6.06. The van der Waals surface area contributed by atoms with Crippen molar-refractivity contribution < 1.29 is 4.39 Å². The van der Waals surface area contributed by atoms with Crippen LogP contribution in [0.2, 0.25) is 0 Å². The summed E-state index contributed by atoms with van der Waals surface area (Å²) in [4.78, 5) is 0. The van der Waals surface area contributed by atoms with Crippen LogP contribution in [0.1, 0.15) is 26.7 Å². The van der Waals surface area contributed by atoms with Gasteiger partial charge in [0.15, 0.2) is 0 Å². The van der Waals surface area contributed by atoms with Gasteiger partial charge in [-0.2, -0.15) is 0 Å². The molecule has 1 fully saturated rings. The molecule has 0 spiro atoms. The van der Waals surface area contributed by atoms with Crippen LogP contribution in [-0.2, 0) is 0 Å². The standard InChI is InChI=1S/C16H24FN/c1-5-12(3)15(7-8-17)16(13(4)6-2)9-14-10-18-11-14/h6-7,14,18H,2-3,5,8-11H2,1,4H3/b15-7-,16-13-. The van der Waals surface area contributed by atoms with Gasteiger partial charge in [0.05, 0.1) is 0 Å².